The fourth-order valence-corrected chi connectivity index (χ4v) is 3.08. The summed E-state index contributed by atoms with van der Waals surface area (Å²) in [6.07, 6.45) is 1.60. The minimum Gasteiger partial charge on any atom is -0.477 e. The zero-order valence-electron chi connectivity index (χ0n) is 11.9. The maximum absolute atomic E-state index is 11.4. The number of aliphatic imine (C=N–C) groups is 1. The summed E-state index contributed by atoms with van der Waals surface area (Å²) in [6, 6.07) is 7.34. The van der Waals surface area contributed by atoms with Crippen molar-refractivity contribution in [2.24, 2.45) is 4.99 Å². The summed E-state index contributed by atoms with van der Waals surface area (Å²) in [4.78, 5) is 18.6. The van der Waals surface area contributed by atoms with Crippen molar-refractivity contribution in [1.82, 2.24) is 4.90 Å². The molecule has 0 fully saturated rings. The number of thiophene rings is 1. The number of hydrogen-bond donors (Lipinski definition) is 1. The van der Waals surface area contributed by atoms with Gasteiger partial charge in [-0.05, 0) is 30.2 Å². The van der Waals surface area contributed by atoms with Gasteiger partial charge in [-0.2, -0.15) is 0 Å². The largest absolute Gasteiger partial charge is 0.477 e. The van der Waals surface area contributed by atoms with E-state index in [4.69, 9.17) is 11.6 Å². The summed E-state index contributed by atoms with van der Waals surface area (Å²) in [5.74, 6) is -0.964. The number of hydrogen-bond acceptors (Lipinski definition) is 3. The molecule has 0 amide bonds. The second kappa shape index (κ2) is 6.28. The molecule has 0 aliphatic heterocycles. The number of carbonyl (C=O) groups is 1. The van der Waals surface area contributed by atoms with Crippen LogP contribution in [0.3, 0.4) is 0 Å². The van der Waals surface area contributed by atoms with E-state index in [1.807, 2.05) is 33.2 Å². The highest BCUT2D eigenvalue weighted by Crippen LogP contribution is 2.41. The van der Waals surface area contributed by atoms with E-state index in [0.29, 0.717) is 10.7 Å². The Morgan fingerprint density at radius 2 is 1.95 bits per heavy atom. The lowest BCUT2D eigenvalue weighted by Crippen LogP contribution is -2.07. The van der Waals surface area contributed by atoms with Gasteiger partial charge < -0.3 is 10.0 Å². The molecule has 0 unspecified atom stereocenters. The van der Waals surface area contributed by atoms with E-state index in [9.17, 15) is 9.90 Å². The van der Waals surface area contributed by atoms with Gasteiger partial charge in [-0.1, -0.05) is 23.7 Å². The van der Waals surface area contributed by atoms with Crippen LogP contribution in [0, 0.1) is 6.92 Å². The molecule has 110 valence electrons. The van der Waals surface area contributed by atoms with Gasteiger partial charge in [0.1, 0.15) is 4.88 Å². The number of rotatable bonds is 4. The predicted octanol–water partition coefficient (Wildman–Crippen LogP) is 4.30. The molecule has 1 aromatic carbocycles. The minimum absolute atomic E-state index is 0.246. The number of carboxylic acids is 1. The summed E-state index contributed by atoms with van der Waals surface area (Å²) in [5, 5.41) is 10.0. The van der Waals surface area contributed by atoms with E-state index in [2.05, 4.69) is 4.99 Å². The van der Waals surface area contributed by atoms with Crippen LogP contribution in [0.25, 0.3) is 10.4 Å². The van der Waals surface area contributed by atoms with Crippen LogP contribution in [0.1, 0.15) is 15.2 Å². The standard InChI is InChI=1S/C15H15ClN2O2S/c1-9-12(17-8-18(2)3)14(15(19)20)21-13(9)10-4-6-11(16)7-5-10/h4-8H,1-3H3,(H,19,20). The van der Waals surface area contributed by atoms with Gasteiger partial charge in [-0.25, -0.2) is 9.79 Å². The van der Waals surface area contributed by atoms with E-state index >= 15 is 0 Å². The average Bonchev–Trinajstić information content (AvgIpc) is 2.75. The minimum atomic E-state index is -0.964. The third-order valence-corrected chi connectivity index (χ3v) is 4.40. The highest BCUT2D eigenvalue weighted by atomic mass is 35.5. The van der Waals surface area contributed by atoms with Gasteiger partial charge in [0.25, 0.3) is 0 Å². The fraction of sp³-hybridized carbons (Fsp3) is 0.200. The Balaban J connectivity index is 2.56. The Hall–Kier alpha value is -1.85. The van der Waals surface area contributed by atoms with E-state index in [0.717, 1.165) is 16.0 Å². The zero-order chi connectivity index (χ0) is 15.6. The second-order valence-electron chi connectivity index (χ2n) is 4.75. The predicted molar refractivity (Wildman–Crippen MR) is 88.3 cm³/mol. The average molecular weight is 323 g/mol. The van der Waals surface area contributed by atoms with Gasteiger partial charge in [0.2, 0.25) is 0 Å². The molecule has 6 heteroatoms. The molecule has 1 N–H and O–H groups in total. The molecule has 1 heterocycles. The van der Waals surface area contributed by atoms with Crippen LogP contribution in [0.4, 0.5) is 5.69 Å². The molecule has 4 nitrogen and oxygen atoms in total. The van der Waals surface area contributed by atoms with Crippen LogP contribution in [0.5, 0.6) is 0 Å². The molecular weight excluding hydrogens is 308 g/mol. The molecule has 0 radical (unpaired) electrons. The van der Waals surface area contributed by atoms with Crippen LogP contribution in [0.2, 0.25) is 5.02 Å². The van der Waals surface area contributed by atoms with E-state index in [-0.39, 0.29) is 4.88 Å². The smallest absolute Gasteiger partial charge is 0.348 e. The Morgan fingerprint density at radius 1 is 1.33 bits per heavy atom. The first-order chi connectivity index (χ1) is 9.90. The Kier molecular flexibility index (Phi) is 4.65. The summed E-state index contributed by atoms with van der Waals surface area (Å²) in [7, 11) is 3.68. The van der Waals surface area contributed by atoms with Gasteiger partial charge in [0, 0.05) is 24.0 Å². The number of aromatic carboxylic acids is 1. The highest BCUT2D eigenvalue weighted by Gasteiger charge is 2.20. The van der Waals surface area contributed by atoms with E-state index in [1.165, 1.54) is 11.3 Å². The number of halogens is 1. The van der Waals surface area contributed by atoms with Gasteiger partial charge in [-0.15, -0.1) is 11.3 Å². The molecular formula is C15H15ClN2O2S. The third-order valence-electron chi connectivity index (χ3n) is 2.83. The lowest BCUT2D eigenvalue weighted by Gasteiger charge is -2.03. The van der Waals surface area contributed by atoms with Crippen LogP contribution in [-0.2, 0) is 0 Å². The molecule has 0 saturated heterocycles. The van der Waals surface area contributed by atoms with Crippen molar-refractivity contribution < 1.29 is 9.90 Å². The molecule has 21 heavy (non-hydrogen) atoms. The summed E-state index contributed by atoms with van der Waals surface area (Å²) in [5.41, 5.74) is 2.31. The lowest BCUT2D eigenvalue weighted by atomic mass is 10.1. The molecule has 0 bridgehead atoms. The van der Waals surface area contributed by atoms with Gasteiger partial charge in [0.05, 0.1) is 12.0 Å². The maximum atomic E-state index is 11.4. The Bertz CT molecular complexity index is 690. The Labute approximate surface area is 132 Å². The normalized spacial score (nSPS) is 11.0. The van der Waals surface area contributed by atoms with Crippen LogP contribution in [-0.4, -0.2) is 36.4 Å². The van der Waals surface area contributed by atoms with Crippen LogP contribution < -0.4 is 0 Å². The van der Waals surface area contributed by atoms with Crippen molar-refractivity contribution in [3.05, 3.63) is 39.7 Å². The topological polar surface area (TPSA) is 52.9 Å². The molecule has 0 saturated carbocycles. The molecule has 0 spiro atoms. The van der Waals surface area contributed by atoms with Gasteiger partial charge >= 0.3 is 5.97 Å². The number of carboxylic acid groups (broad SMARTS) is 1. The van der Waals surface area contributed by atoms with Crippen molar-refractivity contribution in [2.45, 2.75) is 6.92 Å². The summed E-state index contributed by atoms with van der Waals surface area (Å²) < 4.78 is 0. The third kappa shape index (κ3) is 3.43. The highest BCUT2D eigenvalue weighted by molar-refractivity contribution is 7.18. The first kappa shape index (κ1) is 15.5. The number of nitrogens with zero attached hydrogens (tertiary/aromatic N) is 2. The van der Waals surface area contributed by atoms with Gasteiger partial charge in [0.15, 0.2) is 0 Å². The van der Waals surface area contributed by atoms with Crippen molar-refractivity contribution in [3.63, 3.8) is 0 Å². The molecule has 0 aliphatic carbocycles. The molecule has 2 aromatic rings. The first-order valence-electron chi connectivity index (χ1n) is 6.23. The van der Waals surface area contributed by atoms with Crippen LogP contribution in [0.15, 0.2) is 29.3 Å². The summed E-state index contributed by atoms with van der Waals surface area (Å²) in [6.45, 7) is 1.88. The molecule has 0 atom stereocenters. The monoisotopic (exact) mass is 322 g/mol. The lowest BCUT2D eigenvalue weighted by molar-refractivity contribution is 0.0703. The van der Waals surface area contributed by atoms with Crippen molar-refractivity contribution in [1.29, 1.82) is 0 Å². The van der Waals surface area contributed by atoms with E-state index in [1.54, 1.807) is 23.4 Å². The van der Waals surface area contributed by atoms with Gasteiger partial charge in [-0.3, -0.25) is 0 Å². The molecule has 0 aliphatic rings. The summed E-state index contributed by atoms with van der Waals surface area (Å²) >= 11 is 7.12. The maximum Gasteiger partial charge on any atom is 0.348 e. The quantitative estimate of drug-likeness (QED) is 0.674. The fourth-order valence-electron chi connectivity index (χ4n) is 1.86. The number of benzene rings is 1. The zero-order valence-corrected chi connectivity index (χ0v) is 13.5. The van der Waals surface area contributed by atoms with Crippen molar-refractivity contribution in [3.8, 4) is 10.4 Å². The first-order valence-corrected chi connectivity index (χ1v) is 7.43. The van der Waals surface area contributed by atoms with E-state index < -0.39 is 5.97 Å². The SMILES string of the molecule is Cc1c(-c2ccc(Cl)cc2)sc(C(=O)O)c1N=CN(C)C. The Morgan fingerprint density at radius 3 is 2.48 bits per heavy atom. The van der Waals surface area contributed by atoms with Crippen molar-refractivity contribution >= 4 is 40.9 Å². The van der Waals surface area contributed by atoms with Crippen molar-refractivity contribution in [2.75, 3.05) is 14.1 Å². The second-order valence-corrected chi connectivity index (χ2v) is 6.21. The molecule has 2 rings (SSSR count). The van der Waals surface area contributed by atoms with Crippen LogP contribution >= 0.6 is 22.9 Å². The molecule has 1 aromatic heterocycles.